The highest BCUT2D eigenvalue weighted by Gasteiger charge is 2.60. The first-order chi connectivity index (χ1) is 13.0. The number of hydrogen-bond donors (Lipinski definition) is 0. The highest BCUT2D eigenvalue weighted by atomic mass is 16.7. The SMILES string of the molecule is C[C@]12CCC(=O)C[C@H]1CC[C@@H]1[C@@H]2CC[C@]2(C)[C@@H](O[C@@H]3CCCCO3)CC[C@@H]12. The second-order valence-corrected chi connectivity index (χ2v) is 10.9. The first-order valence-corrected chi connectivity index (χ1v) is 11.8. The number of ketones is 1. The Morgan fingerprint density at radius 2 is 1.78 bits per heavy atom. The van der Waals surface area contributed by atoms with Gasteiger partial charge in [0.2, 0.25) is 0 Å². The van der Waals surface area contributed by atoms with Gasteiger partial charge in [-0.15, -0.1) is 0 Å². The van der Waals surface area contributed by atoms with Crippen molar-refractivity contribution in [2.75, 3.05) is 6.61 Å². The van der Waals surface area contributed by atoms with E-state index in [1.807, 2.05) is 0 Å². The number of Topliss-reactive ketones (excluding diaryl/α,β-unsaturated/α-hetero) is 1. The van der Waals surface area contributed by atoms with Gasteiger partial charge in [-0.05, 0) is 98.7 Å². The van der Waals surface area contributed by atoms with E-state index in [2.05, 4.69) is 13.8 Å². The molecule has 0 N–H and O–H groups in total. The second-order valence-electron chi connectivity index (χ2n) is 10.9. The van der Waals surface area contributed by atoms with Crippen molar-refractivity contribution in [1.82, 2.24) is 0 Å². The van der Waals surface area contributed by atoms with E-state index in [1.54, 1.807) is 0 Å². The smallest absolute Gasteiger partial charge is 0.157 e. The topological polar surface area (TPSA) is 35.5 Å². The van der Waals surface area contributed by atoms with Gasteiger partial charge in [-0.2, -0.15) is 0 Å². The molecule has 0 spiro atoms. The Kier molecular flexibility index (Phi) is 4.71. The molecule has 4 saturated carbocycles. The summed E-state index contributed by atoms with van der Waals surface area (Å²) in [5.74, 6) is 3.71. The minimum absolute atomic E-state index is 0.0506. The van der Waals surface area contributed by atoms with Crippen LogP contribution in [0, 0.1) is 34.5 Å². The molecule has 5 fully saturated rings. The van der Waals surface area contributed by atoms with E-state index >= 15 is 0 Å². The van der Waals surface area contributed by atoms with Crippen LogP contribution >= 0.6 is 0 Å². The first kappa shape index (κ1) is 18.6. The molecule has 4 aliphatic carbocycles. The summed E-state index contributed by atoms with van der Waals surface area (Å²) >= 11 is 0. The average molecular weight is 375 g/mol. The quantitative estimate of drug-likeness (QED) is 0.639. The molecule has 0 aromatic carbocycles. The fraction of sp³-hybridized carbons (Fsp3) is 0.958. The molecule has 5 aliphatic rings. The Morgan fingerprint density at radius 3 is 2.59 bits per heavy atom. The second kappa shape index (κ2) is 6.83. The Hall–Kier alpha value is -0.410. The lowest BCUT2D eigenvalue weighted by molar-refractivity contribution is -0.218. The Labute approximate surface area is 164 Å². The standard InChI is InChI=1S/C24H38O3/c1-23-12-10-17(25)15-16(23)6-7-18-19-8-9-21(24(19,2)13-11-20(18)23)27-22-5-3-4-14-26-22/h16,18-22H,3-15H2,1-2H3/t16-,18+,19+,20+,21+,22-,23+,24+/m1/s1. The van der Waals surface area contributed by atoms with E-state index in [4.69, 9.17) is 9.47 Å². The molecule has 0 aromatic rings. The van der Waals surface area contributed by atoms with Crippen molar-refractivity contribution in [2.24, 2.45) is 34.5 Å². The van der Waals surface area contributed by atoms with Crippen molar-refractivity contribution in [3.8, 4) is 0 Å². The minimum Gasteiger partial charge on any atom is -0.353 e. The molecule has 1 heterocycles. The highest BCUT2D eigenvalue weighted by molar-refractivity contribution is 5.79. The van der Waals surface area contributed by atoms with Gasteiger partial charge in [0.25, 0.3) is 0 Å². The van der Waals surface area contributed by atoms with Crippen LogP contribution < -0.4 is 0 Å². The van der Waals surface area contributed by atoms with Crippen LogP contribution in [0.3, 0.4) is 0 Å². The van der Waals surface area contributed by atoms with Crippen molar-refractivity contribution < 1.29 is 14.3 Å². The average Bonchev–Trinajstić information content (AvgIpc) is 3.00. The number of carbonyl (C=O) groups is 1. The fourth-order valence-corrected chi connectivity index (χ4v) is 8.22. The van der Waals surface area contributed by atoms with Gasteiger partial charge in [-0.1, -0.05) is 13.8 Å². The van der Waals surface area contributed by atoms with E-state index in [0.29, 0.717) is 28.6 Å². The Morgan fingerprint density at radius 1 is 0.926 bits per heavy atom. The van der Waals surface area contributed by atoms with Gasteiger partial charge in [0.1, 0.15) is 5.78 Å². The zero-order valence-electron chi connectivity index (χ0n) is 17.4. The van der Waals surface area contributed by atoms with Gasteiger partial charge in [-0.25, -0.2) is 0 Å². The Bertz CT molecular complexity index is 582. The molecule has 0 aromatic heterocycles. The van der Waals surface area contributed by atoms with Crippen LogP contribution in [0.4, 0.5) is 0 Å². The van der Waals surface area contributed by atoms with Crippen LogP contribution in [0.25, 0.3) is 0 Å². The van der Waals surface area contributed by atoms with Crippen molar-refractivity contribution in [2.45, 2.75) is 103 Å². The Balaban J connectivity index is 1.33. The molecule has 8 atom stereocenters. The van der Waals surface area contributed by atoms with Crippen LogP contribution in [0.2, 0.25) is 0 Å². The lowest BCUT2D eigenvalue weighted by Gasteiger charge is -2.60. The van der Waals surface area contributed by atoms with Crippen LogP contribution in [-0.4, -0.2) is 24.8 Å². The number of rotatable bonds is 2. The summed E-state index contributed by atoms with van der Waals surface area (Å²) in [6.45, 7) is 5.95. The predicted octanol–water partition coefficient (Wildman–Crippen LogP) is 5.51. The summed E-state index contributed by atoms with van der Waals surface area (Å²) in [5.41, 5.74) is 0.763. The molecule has 3 heteroatoms. The highest BCUT2D eigenvalue weighted by Crippen LogP contribution is 2.66. The predicted molar refractivity (Wildman–Crippen MR) is 105 cm³/mol. The van der Waals surface area contributed by atoms with Gasteiger partial charge in [0.15, 0.2) is 6.29 Å². The van der Waals surface area contributed by atoms with Gasteiger partial charge >= 0.3 is 0 Å². The molecule has 152 valence electrons. The van der Waals surface area contributed by atoms with E-state index in [-0.39, 0.29) is 6.29 Å². The monoisotopic (exact) mass is 374 g/mol. The van der Waals surface area contributed by atoms with Crippen molar-refractivity contribution >= 4 is 5.78 Å². The maximum atomic E-state index is 12.1. The zero-order valence-corrected chi connectivity index (χ0v) is 17.4. The molecular formula is C24H38O3. The molecule has 5 rings (SSSR count). The number of hydrogen-bond acceptors (Lipinski definition) is 3. The molecule has 1 saturated heterocycles. The third kappa shape index (κ3) is 2.94. The molecular weight excluding hydrogens is 336 g/mol. The summed E-state index contributed by atoms with van der Waals surface area (Å²) in [4.78, 5) is 12.1. The molecule has 3 nitrogen and oxygen atoms in total. The van der Waals surface area contributed by atoms with Crippen molar-refractivity contribution in [3.05, 3.63) is 0 Å². The molecule has 1 aliphatic heterocycles. The van der Waals surface area contributed by atoms with Crippen LogP contribution in [0.1, 0.15) is 90.9 Å². The summed E-state index contributed by atoms with van der Waals surface area (Å²) < 4.78 is 12.5. The van der Waals surface area contributed by atoms with Crippen molar-refractivity contribution in [3.63, 3.8) is 0 Å². The van der Waals surface area contributed by atoms with Gasteiger partial charge in [0, 0.05) is 19.4 Å². The molecule has 0 radical (unpaired) electrons. The zero-order chi connectivity index (χ0) is 18.6. The van der Waals surface area contributed by atoms with Crippen LogP contribution in [0.15, 0.2) is 0 Å². The van der Waals surface area contributed by atoms with E-state index in [9.17, 15) is 4.79 Å². The summed E-state index contributed by atoms with van der Waals surface area (Å²) in [6.07, 6.45) is 14.7. The minimum atomic E-state index is 0.0506. The maximum absolute atomic E-state index is 12.1. The van der Waals surface area contributed by atoms with Gasteiger partial charge in [-0.3, -0.25) is 4.79 Å². The van der Waals surface area contributed by atoms with Crippen molar-refractivity contribution in [1.29, 1.82) is 0 Å². The van der Waals surface area contributed by atoms with Gasteiger partial charge in [0.05, 0.1) is 6.10 Å². The van der Waals surface area contributed by atoms with E-state index in [0.717, 1.165) is 50.0 Å². The molecule has 27 heavy (non-hydrogen) atoms. The largest absolute Gasteiger partial charge is 0.353 e. The molecule has 0 bridgehead atoms. The van der Waals surface area contributed by atoms with E-state index < -0.39 is 0 Å². The number of carbonyl (C=O) groups excluding carboxylic acids is 1. The fourth-order valence-electron chi connectivity index (χ4n) is 8.22. The van der Waals surface area contributed by atoms with Crippen LogP contribution in [0.5, 0.6) is 0 Å². The molecule has 0 unspecified atom stereocenters. The summed E-state index contributed by atoms with van der Waals surface area (Å²) in [5, 5.41) is 0. The summed E-state index contributed by atoms with van der Waals surface area (Å²) in [6, 6.07) is 0. The first-order valence-electron chi connectivity index (χ1n) is 11.8. The third-order valence-corrected chi connectivity index (χ3v) is 9.85. The summed E-state index contributed by atoms with van der Waals surface area (Å²) in [7, 11) is 0. The lowest BCUT2D eigenvalue weighted by Crippen LogP contribution is -2.54. The normalized spacial score (nSPS) is 52.7. The lowest BCUT2D eigenvalue weighted by atomic mass is 9.45. The van der Waals surface area contributed by atoms with Gasteiger partial charge < -0.3 is 9.47 Å². The maximum Gasteiger partial charge on any atom is 0.157 e. The number of fused-ring (bicyclic) bond motifs is 5. The van der Waals surface area contributed by atoms with Crippen LogP contribution in [-0.2, 0) is 14.3 Å². The number of ether oxygens (including phenoxy) is 2. The molecule has 0 amide bonds. The third-order valence-electron chi connectivity index (χ3n) is 9.85. The van der Waals surface area contributed by atoms with E-state index in [1.165, 1.54) is 51.4 Å².